The number of ether oxygens (including phenoxy) is 1. The van der Waals surface area contributed by atoms with E-state index in [0.29, 0.717) is 0 Å². The highest BCUT2D eigenvalue weighted by atomic mass is 16.6. The number of amides is 2. The van der Waals surface area contributed by atoms with Gasteiger partial charge in [-0.25, -0.2) is 0 Å². The number of rotatable bonds is 7. The molecule has 172 valence electrons. The summed E-state index contributed by atoms with van der Waals surface area (Å²) < 4.78 is 5.56. The normalized spacial score (nSPS) is 13.2. The second kappa shape index (κ2) is 10.4. The first kappa shape index (κ1) is 24.1. The summed E-state index contributed by atoms with van der Waals surface area (Å²) in [4.78, 5) is 42.0. The molecule has 2 atom stereocenters. The van der Waals surface area contributed by atoms with Crippen LogP contribution in [0.5, 0.6) is 0 Å². The van der Waals surface area contributed by atoms with E-state index in [9.17, 15) is 14.4 Å². The molecule has 33 heavy (non-hydrogen) atoms. The van der Waals surface area contributed by atoms with Crippen molar-refractivity contribution in [3.8, 4) is 0 Å². The van der Waals surface area contributed by atoms with E-state index in [1.165, 1.54) is 6.20 Å². The van der Waals surface area contributed by atoms with Crippen LogP contribution in [0.4, 0.5) is 0 Å². The molecular weight excluding hydrogens is 418 g/mol. The average molecular weight is 448 g/mol. The van der Waals surface area contributed by atoms with Gasteiger partial charge in [-0.2, -0.15) is 0 Å². The van der Waals surface area contributed by atoms with E-state index in [2.05, 4.69) is 10.3 Å². The molecule has 0 aliphatic rings. The standard InChI is InChI=1S/C26H29N3O4/c1-26(2,3)33-25(32)21(17-9-5-4-6-10-17)14-20(27)15-23(30)29-24(31)19-13-18-11-7-8-12-22(18)28-16-19/h4-13,16,20-21H,14-15,27H2,1-3H3,(H,29,30,31). The van der Waals surface area contributed by atoms with E-state index in [1.807, 2.05) is 54.6 Å². The van der Waals surface area contributed by atoms with Crippen molar-refractivity contribution in [2.45, 2.75) is 51.2 Å². The minimum absolute atomic E-state index is 0.112. The average Bonchev–Trinajstić information content (AvgIpc) is 2.76. The van der Waals surface area contributed by atoms with Crippen molar-refractivity contribution in [3.05, 3.63) is 78.0 Å². The highest BCUT2D eigenvalue weighted by molar-refractivity contribution is 6.06. The summed E-state index contributed by atoms with van der Waals surface area (Å²) in [5, 5.41) is 3.16. The summed E-state index contributed by atoms with van der Waals surface area (Å²) in [5.74, 6) is -2.08. The van der Waals surface area contributed by atoms with Crippen LogP contribution in [0, 0.1) is 0 Å². The number of hydrogen-bond acceptors (Lipinski definition) is 6. The summed E-state index contributed by atoms with van der Waals surface area (Å²) in [5.41, 5.74) is 7.37. The van der Waals surface area contributed by atoms with Gasteiger partial charge in [0.05, 0.1) is 17.0 Å². The second-order valence-corrected chi connectivity index (χ2v) is 8.99. The topological polar surface area (TPSA) is 111 Å². The van der Waals surface area contributed by atoms with Gasteiger partial charge in [-0.15, -0.1) is 0 Å². The number of imide groups is 1. The Balaban J connectivity index is 1.64. The van der Waals surface area contributed by atoms with Gasteiger partial charge < -0.3 is 10.5 Å². The van der Waals surface area contributed by atoms with Crippen LogP contribution in [0.1, 0.15) is 55.5 Å². The number of para-hydroxylation sites is 1. The Kier molecular flexibility index (Phi) is 7.55. The van der Waals surface area contributed by atoms with Gasteiger partial charge in [-0.05, 0) is 44.9 Å². The monoisotopic (exact) mass is 447 g/mol. The van der Waals surface area contributed by atoms with Gasteiger partial charge in [-0.1, -0.05) is 48.5 Å². The fourth-order valence-electron chi connectivity index (χ4n) is 3.50. The lowest BCUT2D eigenvalue weighted by molar-refractivity contribution is -0.157. The van der Waals surface area contributed by atoms with Gasteiger partial charge in [0.1, 0.15) is 5.60 Å². The van der Waals surface area contributed by atoms with Gasteiger partial charge in [0.25, 0.3) is 5.91 Å². The van der Waals surface area contributed by atoms with Crippen LogP contribution in [0.3, 0.4) is 0 Å². The first-order chi connectivity index (χ1) is 15.6. The zero-order valence-corrected chi connectivity index (χ0v) is 19.1. The number of carbonyl (C=O) groups is 3. The molecule has 0 fully saturated rings. The lowest BCUT2D eigenvalue weighted by atomic mass is 9.91. The first-order valence-electron chi connectivity index (χ1n) is 10.8. The molecule has 2 amide bonds. The van der Waals surface area contributed by atoms with Gasteiger partial charge in [0.2, 0.25) is 5.91 Å². The predicted molar refractivity (Wildman–Crippen MR) is 126 cm³/mol. The number of benzene rings is 2. The molecule has 0 bridgehead atoms. The van der Waals surface area contributed by atoms with Crippen molar-refractivity contribution in [3.63, 3.8) is 0 Å². The third-order valence-corrected chi connectivity index (χ3v) is 4.98. The molecule has 3 N–H and O–H groups in total. The Hall–Kier alpha value is -3.58. The van der Waals surface area contributed by atoms with E-state index in [1.54, 1.807) is 26.8 Å². The fourth-order valence-corrected chi connectivity index (χ4v) is 3.50. The number of fused-ring (bicyclic) bond motifs is 1. The number of aromatic nitrogens is 1. The van der Waals surface area contributed by atoms with Crippen molar-refractivity contribution in [2.75, 3.05) is 0 Å². The van der Waals surface area contributed by atoms with E-state index < -0.39 is 35.3 Å². The SMILES string of the molecule is CC(C)(C)OC(=O)C(CC(N)CC(=O)NC(=O)c1cnc2ccccc2c1)c1ccccc1. The molecule has 3 aromatic rings. The molecule has 0 radical (unpaired) electrons. The molecule has 3 rings (SSSR count). The van der Waals surface area contributed by atoms with Crippen molar-refractivity contribution < 1.29 is 19.1 Å². The third-order valence-electron chi connectivity index (χ3n) is 4.98. The molecular formula is C26H29N3O4. The molecule has 2 aromatic carbocycles. The molecule has 0 aliphatic heterocycles. The summed E-state index contributed by atoms with van der Waals surface area (Å²) >= 11 is 0. The molecule has 7 nitrogen and oxygen atoms in total. The maximum absolute atomic E-state index is 12.8. The van der Waals surface area contributed by atoms with Crippen LogP contribution in [0.2, 0.25) is 0 Å². The summed E-state index contributed by atoms with van der Waals surface area (Å²) in [7, 11) is 0. The van der Waals surface area contributed by atoms with E-state index >= 15 is 0 Å². The Labute approximate surface area is 193 Å². The third kappa shape index (κ3) is 6.95. The van der Waals surface area contributed by atoms with E-state index in [-0.39, 0.29) is 18.4 Å². The lowest BCUT2D eigenvalue weighted by Gasteiger charge is -2.25. The largest absolute Gasteiger partial charge is 0.459 e. The minimum Gasteiger partial charge on any atom is -0.459 e. The van der Waals surface area contributed by atoms with Crippen LogP contribution in [-0.2, 0) is 14.3 Å². The van der Waals surface area contributed by atoms with Crippen LogP contribution < -0.4 is 11.1 Å². The number of nitrogens with zero attached hydrogens (tertiary/aromatic N) is 1. The summed E-state index contributed by atoms with van der Waals surface area (Å²) in [6, 6.07) is 17.6. The summed E-state index contributed by atoms with van der Waals surface area (Å²) in [6.07, 6.45) is 1.52. The molecule has 0 aliphatic carbocycles. The molecule has 1 heterocycles. The van der Waals surface area contributed by atoms with Gasteiger partial charge in [-0.3, -0.25) is 24.7 Å². The molecule has 0 spiro atoms. The molecule has 0 saturated heterocycles. The van der Waals surface area contributed by atoms with E-state index in [0.717, 1.165) is 16.5 Å². The second-order valence-electron chi connectivity index (χ2n) is 8.99. The zero-order valence-electron chi connectivity index (χ0n) is 19.1. The number of esters is 1. The van der Waals surface area contributed by atoms with Gasteiger partial charge in [0.15, 0.2) is 0 Å². The van der Waals surface area contributed by atoms with E-state index in [4.69, 9.17) is 10.5 Å². The molecule has 7 heteroatoms. The Morgan fingerprint density at radius 3 is 2.39 bits per heavy atom. The Morgan fingerprint density at radius 2 is 1.70 bits per heavy atom. The first-order valence-corrected chi connectivity index (χ1v) is 10.8. The molecule has 0 saturated carbocycles. The number of nitrogens with two attached hydrogens (primary N) is 1. The predicted octanol–water partition coefficient (Wildman–Crippen LogP) is 3.72. The van der Waals surface area contributed by atoms with Crippen molar-refractivity contribution in [1.82, 2.24) is 10.3 Å². The highest BCUT2D eigenvalue weighted by Crippen LogP contribution is 2.25. The van der Waals surface area contributed by atoms with Gasteiger partial charge in [0, 0.05) is 24.0 Å². The smallest absolute Gasteiger partial charge is 0.313 e. The number of carbonyl (C=O) groups excluding carboxylic acids is 3. The Bertz CT molecular complexity index is 1140. The van der Waals surface area contributed by atoms with Crippen molar-refractivity contribution in [1.29, 1.82) is 0 Å². The lowest BCUT2D eigenvalue weighted by Crippen LogP contribution is -2.37. The Morgan fingerprint density at radius 1 is 1.03 bits per heavy atom. The highest BCUT2D eigenvalue weighted by Gasteiger charge is 2.29. The zero-order chi connectivity index (χ0) is 24.0. The number of hydrogen-bond donors (Lipinski definition) is 2. The van der Waals surface area contributed by atoms with Crippen LogP contribution in [0.25, 0.3) is 10.9 Å². The maximum atomic E-state index is 12.8. The quantitative estimate of drug-likeness (QED) is 0.534. The van der Waals surface area contributed by atoms with Crippen LogP contribution in [-0.4, -0.2) is 34.4 Å². The van der Waals surface area contributed by atoms with Crippen LogP contribution in [0.15, 0.2) is 66.9 Å². The minimum atomic E-state index is -0.648. The number of nitrogens with one attached hydrogen (secondary N) is 1. The molecule has 2 unspecified atom stereocenters. The van der Waals surface area contributed by atoms with Gasteiger partial charge >= 0.3 is 5.97 Å². The van der Waals surface area contributed by atoms with Crippen molar-refractivity contribution >= 4 is 28.7 Å². The molecule has 1 aromatic heterocycles. The summed E-state index contributed by atoms with van der Waals surface area (Å²) in [6.45, 7) is 5.40. The number of pyridine rings is 1. The van der Waals surface area contributed by atoms with Crippen LogP contribution >= 0.6 is 0 Å². The van der Waals surface area contributed by atoms with Crippen molar-refractivity contribution in [2.24, 2.45) is 5.73 Å². The fraction of sp³-hybridized carbons (Fsp3) is 0.308. The maximum Gasteiger partial charge on any atom is 0.313 e.